The summed E-state index contributed by atoms with van der Waals surface area (Å²) in [5, 5.41) is 0. The van der Waals surface area contributed by atoms with Gasteiger partial charge in [-0.1, -0.05) is 0 Å². The zero-order valence-corrected chi connectivity index (χ0v) is 10.2. The van der Waals surface area contributed by atoms with Crippen LogP contribution in [0.4, 0.5) is 0 Å². The third kappa shape index (κ3) is 1.80. The van der Waals surface area contributed by atoms with Crippen molar-refractivity contribution in [3.05, 3.63) is 33.3 Å². The van der Waals surface area contributed by atoms with E-state index in [2.05, 4.69) is 15.9 Å². The van der Waals surface area contributed by atoms with Crippen LogP contribution in [0.2, 0.25) is 0 Å². The molecule has 16 heavy (non-hydrogen) atoms. The Labute approximate surface area is 101 Å². The number of methoxy groups -OCH3 is 1. The molecule has 0 saturated carbocycles. The third-order valence-corrected chi connectivity index (χ3v) is 3.14. The van der Waals surface area contributed by atoms with Crippen LogP contribution < -0.4 is 4.74 Å². The van der Waals surface area contributed by atoms with Crippen molar-refractivity contribution < 1.29 is 14.3 Å². The lowest BCUT2D eigenvalue weighted by molar-refractivity contribution is -0.117. The van der Waals surface area contributed by atoms with Gasteiger partial charge in [0, 0.05) is 6.42 Å². The van der Waals surface area contributed by atoms with Gasteiger partial charge in [-0.2, -0.15) is 0 Å². The zero-order chi connectivity index (χ0) is 11.7. The highest BCUT2D eigenvalue weighted by atomic mass is 79.9. The normalized spacial score (nSPS) is 14.1. The molecular formula is C12H9BrO3. The number of ketones is 1. The van der Waals surface area contributed by atoms with E-state index in [4.69, 9.17) is 4.74 Å². The highest BCUT2D eigenvalue weighted by Gasteiger charge is 2.19. The molecule has 1 aromatic carbocycles. The van der Waals surface area contributed by atoms with Crippen LogP contribution in [-0.4, -0.2) is 19.2 Å². The molecule has 0 radical (unpaired) electrons. The smallest absolute Gasteiger partial charge is 0.170 e. The number of Topliss-reactive ketones (excluding diaryl/α,β-unsaturated/α-hetero) is 1. The minimum absolute atomic E-state index is 0.146. The van der Waals surface area contributed by atoms with Gasteiger partial charge in [0.2, 0.25) is 0 Å². The van der Waals surface area contributed by atoms with Crippen molar-refractivity contribution in [2.45, 2.75) is 6.42 Å². The summed E-state index contributed by atoms with van der Waals surface area (Å²) in [5.41, 5.74) is 1.99. The summed E-state index contributed by atoms with van der Waals surface area (Å²) in [4.78, 5) is 22.2. The number of allylic oxidation sites excluding steroid dienone is 1. The van der Waals surface area contributed by atoms with Gasteiger partial charge in [-0.3, -0.25) is 9.59 Å². The van der Waals surface area contributed by atoms with Crippen LogP contribution in [0.15, 0.2) is 22.2 Å². The van der Waals surface area contributed by atoms with Gasteiger partial charge in [0.25, 0.3) is 0 Å². The van der Waals surface area contributed by atoms with E-state index in [1.807, 2.05) is 12.1 Å². The van der Waals surface area contributed by atoms with E-state index < -0.39 is 0 Å². The van der Waals surface area contributed by atoms with E-state index >= 15 is 0 Å². The van der Waals surface area contributed by atoms with Crippen LogP contribution in [0.5, 0.6) is 5.75 Å². The quantitative estimate of drug-likeness (QED) is 0.616. The number of hydrogen-bond donors (Lipinski definition) is 0. The molecule has 0 amide bonds. The summed E-state index contributed by atoms with van der Waals surface area (Å²) in [6.45, 7) is 0. The van der Waals surface area contributed by atoms with Crippen molar-refractivity contribution in [3.8, 4) is 5.75 Å². The van der Waals surface area contributed by atoms with Crippen molar-refractivity contribution in [1.82, 2.24) is 0 Å². The van der Waals surface area contributed by atoms with E-state index in [1.165, 1.54) is 0 Å². The topological polar surface area (TPSA) is 43.4 Å². The molecule has 0 unspecified atom stereocenters. The predicted molar refractivity (Wildman–Crippen MR) is 63.4 cm³/mol. The molecule has 0 atom stereocenters. The first-order valence-corrected chi connectivity index (χ1v) is 5.51. The average Bonchev–Trinajstić information content (AvgIpc) is 2.28. The molecule has 0 aliphatic heterocycles. The van der Waals surface area contributed by atoms with Crippen molar-refractivity contribution in [2.75, 3.05) is 7.11 Å². The van der Waals surface area contributed by atoms with Crippen LogP contribution in [-0.2, 0) is 16.0 Å². The lowest BCUT2D eigenvalue weighted by Crippen LogP contribution is -2.13. The molecule has 1 aliphatic rings. The van der Waals surface area contributed by atoms with Gasteiger partial charge in [-0.05, 0) is 45.3 Å². The number of hydrogen-bond acceptors (Lipinski definition) is 3. The lowest BCUT2D eigenvalue weighted by atomic mass is 9.91. The Morgan fingerprint density at radius 2 is 2.19 bits per heavy atom. The SMILES string of the molecule is COc1cc2c(cc1Br)C=C(C=O)C(=O)C2. The maximum Gasteiger partial charge on any atom is 0.170 e. The summed E-state index contributed by atoms with van der Waals surface area (Å²) in [6.07, 6.45) is 2.46. The highest BCUT2D eigenvalue weighted by molar-refractivity contribution is 9.10. The Kier molecular flexibility index (Phi) is 2.92. The number of fused-ring (bicyclic) bond motifs is 1. The fourth-order valence-electron chi connectivity index (χ4n) is 1.68. The third-order valence-electron chi connectivity index (χ3n) is 2.52. The van der Waals surface area contributed by atoms with Gasteiger partial charge in [0.05, 0.1) is 17.2 Å². The Morgan fingerprint density at radius 1 is 1.44 bits per heavy atom. The van der Waals surface area contributed by atoms with Crippen molar-refractivity contribution in [3.63, 3.8) is 0 Å². The molecule has 0 fully saturated rings. The highest BCUT2D eigenvalue weighted by Crippen LogP contribution is 2.32. The second-order valence-electron chi connectivity index (χ2n) is 3.50. The molecule has 0 heterocycles. The van der Waals surface area contributed by atoms with Crippen molar-refractivity contribution in [1.29, 1.82) is 0 Å². The number of ether oxygens (including phenoxy) is 1. The molecule has 0 bridgehead atoms. The monoisotopic (exact) mass is 280 g/mol. The molecule has 82 valence electrons. The summed E-state index contributed by atoms with van der Waals surface area (Å²) < 4.78 is 5.96. The van der Waals surface area contributed by atoms with E-state index in [9.17, 15) is 9.59 Å². The molecule has 1 aromatic rings. The van der Waals surface area contributed by atoms with Crippen LogP contribution in [0.25, 0.3) is 6.08 Å². The number of halogens is 1. The first-order chi connectivity index (χ1) is 7.65. The second-order valence-corrected chi connectivity index (χ2v) is 4.36. The van der Waals surface area contributed by atoms with E-state index in [1.54, 1.807) is 13.2 Å². The van der Waals surface area contributed by atoms with Crippen molar-refractivity contribution in [2.24, 2.45) is 0 Å². The first-order valence-electron chi connectivity index (χ1n) is 4.72. The number of rotatable bonds is 2. The van der Waals surface area contributed by atoms with E-state index in [0.717, 1.165) is 15.6 Å². The molecule has 2 rings (SSSR count). The summed E-state index contributed by atoms with van der Waals surface area (Å²) in [5.74, 6) is 0.543. The second kappa shape index (κ2) is 4.22. The van der Waals surface area contributed by atoms with Gasteiger partial charge >= 0.3 is 0 Å². The van der Waals surface area contributed by atoms with Gasteiger partial charge in [-0.25, -0.2) is 0 Å². The van der Waals surface area contributed by atoms with Crippen molar-refractivity contribution >= 4 is 34.1 Å². The van der Waals surface area contributed by atoms with Gasteiger partial charge in [-0.15, -0.1) is 0 Å². The van der Waals surface area contributed by atoms with Gasteiger partial charge in [0.1, 0.15) is 5.75 Å². The molecular weight excluding hydrogens is 272 g/mol. The van der Waals surface area contributed by atoms with Gasteiger partial charge < -0.3 is 4.74 Å². The Hall–Kier alpha value is -1.42. The average molecular weight is 281 g/mol. The summed E-state index contributed by atoms with van der Waals surface area (Å²) in [6, 6.07) is 3.67. The number of benzene rings is 1. The standard InChI is InChI=1S/C12H9BrO3/c1-16-12-5-8-4-11(15)9(6-14)2-7(8)3-10(12)13/h2-3,5-6H,4H2,1H3. The van der Waals surface area contributed by atoms with E-state index in [-0.39, 0.29) is 17.8 Å². The molecule has 1 aliphatic carbocycles. The number of carbonyl (C=O) groups is 2. The number of aldehydes is 1. The number of carbonyl (C=O) groups excluding carboxylic acids is 2. The molecule has 0 aromatic heterocycles. The Morgan fingerprint density at radius 3 is 2.81 bits per heavy atom. The Bertz CT molecular complexity index is 503. The van der Waals surface area contributed by atoms with E-state index in [0.29, 0.717) is 12.0 Å². The fraction of sp³-hybridized carbons (Fsp3) is 0.167. The maximum absolute atomic E-state index is 11.5. The zero-order valence-electron chi connectivity index (χ0n) is 8.62. The lowest BCUT2D eigenvalue weighted by Gasteiger charge is -2.14. The van der Waals surface area contributed by atoms with Crippen LogP contribution in [0, 0.1) is 0 Å². The first kappa shape index (κ1) is 11.1. The molecule has 0 N–H and O–H groups in total. The van der Waals surface area contributed by atoms with Crippen LogP contribution >= 0.6 is 15.9 Å². The van der Waals surface area contributed by atoms with Crippen LogP contribution in [0.3, 0.4) is 0 Å². The Balaban J connectivity index is 2.57. The van der Waals surface area contributed by atoms with Gasteiger partial charge in [0.15, 0.2) is 12.1 Å². The molecule has 0 saturated heterocycles. The largest absolute Gasteiger partial charge is 0.496 e. The van der Waals surface area contributed by atoms with Crippen LogP contribution in [0.1, 0.15) is 11.1 Å². The molecule has 3 nitrogen and oxygen atoms in total. The summed E-state index contributed by atoms with van der Waals surface area (Å²) >= 11 is 3.36. The molecule has 0 spiro atoms. The maximum atomic E-state index is 11.5. The fourth-order valence-corrected chi connectivity index (χ4v) is 2.20. The minimum atomic E-state index is -0.146. The molecule has 4 heteroatoms. The predicted octanol–water partition coefficient (Wildman–Crippen LogP) is 2.17. The summed E-state index contributed by atoms with van der Waals surface area (Å²) in [7, 11) is 1.57. The minimum Gasteiger partial charge on any atom is -0.496 e.